The molecule has 0 amide bonds. The number of hydrogen-bond acceptors (Lipinski definition) is 11. The Kier molecular flexibility index (Phi) is 22.8. The summed E-state index contributed by atoms with van der Waals surface area (Å²) >= 11 is 0. The van der Waals surface area contributed by atoms with Crippen LogP contribution in [-0.4, -0.2) is 62.1 Å². The van der Waals surface area contributed by atoms with Crippen LogP contribution in [0.4, 0.5) is 0 Å². The van der Waals surface area contributed by atoms with E-state index < -0.39 is 27.8 Å². The van der Waals surface area contributed by atoms with Crippen molar-refractivity contribution in [3.63, 3.8) is 0 Å². The van der Waals surface area contributed by atoms with E-state index in [2.05, 4.69) is 147 Å². The molecule has 9 aromatic rings. The predicted octanol–water partition coefficient (Wildman–Crippen LogP) is 14.5. The van der Waals surface area contributed by atoms with Gasteiger partial charge in [0.25, 0.3) is 22.2 Å². The molecule has 6 aromatic carbocycles. The van der Waals surface area contributed by atoms with Gasteiger partial charge < -0.3 is 19.3 Å². The Labute approximate surface area is 571 Å². The lowest BCUT2D eigenvalue weighted by atomic mass is 9.76. The van der Waals surface area contributed by atoms with Crippen molar-refractivity contribution < 1.29 is 33.6 Å². The van der Waals surface area contributed by atoms with E-state index in [1.807, 2.05) is 16.4 Å². The molecule has 0 unspecified atom stereocenters. The number of rotatable bonds is 33. The quantitative estimate of drug-likeness (QED) is 0.0235. The smallest absolute Gasteiger partial charge is 0.261 e. The van der Waals surface area contributed by atoms with Gasteiger partial charge in [-0.3, -0.25) is 37.9 Å². The Hall–Kier alpha value is -8.40. The minimum absolute atomic E-state index is 0.00812. The molecular formula is C82H100N5O10+. The second kappa shape index (κ2) is 31.0. The second-order valence-corrected chi connectivity index (χ2v) is 29.8. The lowest BCUT2D eigenvalue weighted by Crippen LogP contribution is -2.35. The number of fused-ring (bicyclic) bond motifs is 4. The molecule has 0 saturated carbocycles. The molecule has 0 fully saturated rings. The van der Waals surface area contributed by atoms with E-state index in [0.717, 1.165) is 119 Å². The average Bonchev–Trinajstić information content (AvgIpc) is 1.74. The van der Waals surface area contributed by atoms with Gasteiger partial charge in [-0.1, -0.05) is 174 Å². The largest absolute Gasteiger partial charge is 0.494 e. The molecule has 1 N–H and O–H groups in total. The summed E-state index contributed by atoms with van der Waals surface area (Å²) in [7, 11) is 1.96. The van der Waals surface area contributed by atoms with Crippen LogP contribution in [0.25, 0.3) is 21.5 Å². The van der Waals surface area contributed by atoms with E-state index in [9.17, 15) is 28.8 Å². The maximum atomic E-state index is 13.9. The summed E-state index contributed by atoms with van der Waals surface area (Å²) in [5.74, 6) is 0.718. The number of aliphatic hydroxyl groups excluding tert-OH is 1. The fourth-order valence-corrected chi connectivity index (χ4v) is 13.5. The SMILES string of the molecule is Cn1n[n+](CCCCCCn2c(=O)c3cc4c(=O)n(CCCCCCO)c(=O)c4cc3c2=O)cc1CCCCCCOc1ccc2c(c1)C(=O)c1ccc(OCCCCCCOC(c3ccc(C(C)(C)C)cc3)(c3ccc(C(C)(C)C)cc3)c3ccc(C(C)(C)C)cc3)cc1C2=O. The number of benzene rings is 6. The number of hydrogen-bond donors (Lipinski definition) is 1. The number of aliphatic hydroxyl groups is 1. The third-order valence-electron chi connectivity index (χ3n) is 19.5. The molecule has 1 aliphatic rings. The van der Waals surface area contributed by atoms with Crippen molar-refractivity contribution in [3.05, 3.63) is 230 Å². The molecule has 15 nitrogen and oxygen atoms in total. The van der Waals surface area contributed by atoms with Crippen LogP contribution >= 0.6 is 0 Å². The van der Waals surface area contributed by atoms with Gasteiger partial charge in [0.15, 0.2) is 23.5 Å². The summed E-state index contributed by atoms with van der Waals surface area (Å²) < 4.78 is 26.0. The van der Waals surface area contributed by atoms with Crippen molar-refractivity contribution in [1.82, 2.24) is 19.0 Å². The summed E-state index contributed by atoms with van der Waals surface area (Å²) in [5.41, 5.74) is 7.15. The van der Waals surface area contributed by atoms with Crippen LogP contribution in [0, 0.1) is 0 Å². The van der Waals surface area contributed by atoms with Gasteiger partial charge in [-0.15, -0.1) is 9.36 Å². The number of carbonyl (C=O) groups excluding carboxylic acids is 2. The average molecular weight is 1320 g/mol. The molecule has 0 aliphatic heterocycles. The molecule has 3 heterocycles. The summed E-state index contributed by atoms with van der Waals surface area (Å²) in [6.45, 7) is 23.1. The molecule has 15 heteroatoms. The van der Waals surface area contributed by atoms with Crippen molar-refractivity contribution in [1.29, 1.82) is 0 Å². The minimum atomic E-state index is -0.835. The standard InChI is InChI=1S/C82H100N5O10/c1-79(2,3)56-28-34-59(35-29-56)82(60-36-30-57(31-37-60)80(4,5)6,61-38-32-58(33-39-61)81(7,8)9)97-50-26-18-17-25-49-96-64-41-43-66-68(52-64)74(90)65-42-40-63(51-67(65)73(66)89)95-48-24-16-11-19-27-62-55-85(83-84(62)10)44-20-12-13-21-45-86-75(91)69-53-71-72(54-70(69)76(86)92)78(94)87(77(71)93)46-22-14-15-23-47-88/h28-43,51-55,88H,11-27,44-50H2,1-10H3/q+1. The van der Waals surface area contributed by atoms with Crippen LogP contribution in [0.1, 0.15) is 236 Å². The van der Waals surface area contributed by atoms with E-state index in [0.29, 0.717) is 72.8 Å². The molecule has 0 radical (unpaired) electrons. The van der Waals surface area contributed by atoms with Crippen molar-refractivity contribution in [2.24, 2.45) is 7.05 Å². The number of ketones is 2. The summed E-state index contributed by atoms with van der Waals surface area (Å²) in [6.07, 6.45) is 16.5. The third-order valence-corrected chi connectivity index (χ3v) is 19.5. The Balaban J connectivity index is 0.633. The molecule has 0 bridgehead atoms. The lowest BCUT2D eigenvalue weighted by molar-refractivity contribution is -0.755. The molecule has 1 aliphatic carbocycles. The van der Waals surface area contributed by atoms with Crippen molar-refractivity contribution in [2.75, 3.05) is 26.4 Å². The summed E-state index contributed by atoms with van der Waals surface area (Å²) in [5, 5.41) is 14.4. The van der Waals surface area contributed by atoms with E-state index in [1.165, 1.54) is 38.0 Å². The highest BCUT2D eigenvalue weighted by molar-refractivity contribution is 6.28. The highest BCUT2D eigenvalue weighted by Crippen LogP contribution is 2.43. The number of carbonyl (C=O) groups is 2. The maximum Gasteiger partial charge on any atom is 0.261 e. The molecule has 97 heavy (non-hydrogen) atoms. The predicted molar refractivity (Wildman–Crippen MR) is 385 cm³/mol. The van der Waals surface area contributed by atoms with E-state index in [-0.39, 0.29) is 69.1 Å². The molecule has 0 spiro atoms. The molecular weight excluding hydrogens is 1210 g/mol. The normalized spacial score (nSPS) is 12.9. The fourth-order valence-electron chi connectivity index (χ4n) is 13.5. The van der Waals surface area contributed by atoms with Crippen LogP contribution in [-0.2, 0) is 59.7 Å². The van der Waals surface area contributed by atoms with Crippen LogP contribution in [0.2, 0.25) is 0 Å². The van der Waals surface area contributed by atoms with Gasteiger partial charge in [-0.05, 0) is 162 Å². The lowest BCUT2D eigenvalue weighted by Gasteiger charge is -2.37. The van der Waals surface area contributed by atoms with Crippen molar-refractivity contribution >= 4 is 33.1 Å². The van der Waals surface area contributed by atoms with Crippen LogP contribution in [0.3, 0.4) is 0 Å². The van der Waals surface area contributed by atoms with Crippen LogP contribution in [0.15, 0.2) is 147 Å². The zero-order chi connectivity index (χ0) is 69.2. The first kappa shape index (κ1) is 71.4. The number of unbranched alkanes of at least 4 members (excludes halogenated alkanes) is 12. The van der Waals surface area contributed by atoms with Crippen molar-refractivity contribution in [2.45, 2.75) is 213 Å². The minimum Gasteiger partial charge on any atom is -0.494 e. The van der Waals surface area contributed by atoms with Gasteiger partial charge >= 0.3 is 0 Å². The van der Waals surface area contributed by atoms with Gasteiger partial charge in [-0.25, -0.2) is 0 Å². The number of aromatic nitrogens is 5. The maximum absolute atomic E-state index is 13.9. The van der Waals surface area contributed by atoms with E-state index in [1.54, 1.807) is 36.4 Å². The zero-order valence-electron chi connectivity index (χ0n) is 59.0. The van der Waals surface area contributed by atoms with Gasteiger partial charge in [0, 0.05) is 55.0 Å². The fraction of sp³-hybridized carbons (Fsp3) is 0.463. The zero-order valence-corrected chi connectivity index (χ0v) is 59.0. The first-order valence-electron chi connectivity index (χ1n) is 35.4. The molecule has 0 saturated heterocycles. The van der Waals surface area contributed by atoms with Gasteiger partial charge in [-0.2, -0.15) is 0 Å². The second-order valence-electron chi connectivity index (χ2n) is 29.8. The Morgan fingerprint density at radius 2 is 0.763 bits per heavy atom. The first-order chi connectivity index (χ1) is 46.4. The first-order valence-corrected chi connectivity index (χ1v) is 35.4. The Morgan fingerprint density at radius 3 is 1.16 bits per heavy atom. The highest BCUT2D eigenvalue weighted by Gasteiger charge is 2.39. The molecule has 10 rings (SSSR count). The van der Waals surface area contributed by atoms with Gasteiger partial charge in [0.1, 0.15) is 30.7 Å². The molecule has 512 valence electrons. The monoisotopic (exact) mass is 1310 g/mol. The number of nitrogens with zero attached hydrogens (tertiary/aromatic N) is 5. The third kappa shape index (κ3) is 16.4. The van der Waals surface area contributed by atoms with Gasteiger partial charge in [0.2, 0.25) is 0 Å². The van der Waals surface area contributed by atoms with E-state index in [4.69, 9.17) is 19.3 Å². The number of aryl methyl sites for hydroxylation is 3. The van der Waals surface area contributed by atoms with Crippen LogP contribution in [0.5, 0.6) is 11.5 Å². The van der Waals surface area contributed by atoms with Crippen molar-refractivity contribution in [3.8, 4) is 11.5 Å². The van der Waals surface area contributed by atoms with E-state index >= 15 is 0 Å². The summed E-state index contributed by atoms with van der Waals surface area (Å²) in [4.78, 5) is 80.8. The Morgan fingerprint density at radius 1 is 0.402 bits per heavy atom. The molecule has 0 atom stereocenters. The Bertz CT molecular complexity index is 4210. The van der Waals surface area contributed by atoms with Gasteiger partial charge in [0.05, 0.1) is 40.0 Å². The highest BCUT2D eigenvalue weighted by atomic mass is 16.5. The molecule has 3 aromatic heterocycles. The number of ether oxygens (including phenoxy) is 3. The topological polar surface area (TPSA) is 182 Å². The van der Waals surface area contributed by atoms with Crippen LogP contribution < -0.4 is 36.4 Å². The summed E-state index contributed by atoms with van der Waals surface area (Å²) in [6, 6.07) is 40.3.